The Hall–Kier alpha value is -4.10. The Morgan fingerprint density at radius 1 is 0.796 bits per heavy atom. The number of hydrogen-bond donors (Lipinski definition) is 1. The van der Waals surface area contributed by atoms with Crippen molar-refractivity contribution in [2.75, 3.05) is 27.4 Å². The van der Waals surface area contributed by atoms with Crippen LogP contribution >= 0.6 is 35.6 Å². The number of alkyl halides is 6. The molecular weight excluding hydrogens is 718 g/mol. The van der Waals surface area contributed by atoms with Gasteiger partial charge in [-0.3, -0.25) is 24.2 Å². The van der Waals surface area contributed by atoms with Crippen LogP contribution in [0.2, 0.25) is 5.02 Å². The number of hydrogen-bond acceptors (Lipinski definition) is 9. The first kappa shape index (κ1) is 34.8. The summed E-state index contributed by atoms with van der Waals surface area (Å²) in [7, 11) is 2.98. The van der Waals surface area contributed by atoms with E-state index in [4.69, 9.17) is 33.3 Å². The maximum Gasteiger partial charge on any atom is 0.418 e. The van der Waals surface area contributed by atoms with Crippen LogP contribution in [-0.2, 0) is 34.9 Å². The SMILES string of the molecule is COCCn1c(Sc2c(-c3n[nH]c(=S)n3CCOC)cnc3c(C(F)(F)F)cccc23)nnc1-c1cnc2c(C(F)(F)F)cccc2c1Cl. The van der Waals surface area contributed by atoms with Crippen molar-refractivity contribution in [2.24, 2.45) is 0 Å². The summed E-state index contributed by atoms with van der Waals surface area (Å²) in [6, 6.07) is 7.28. The lowest BCUT2D eigenvalue weighted by atomic mass is 10.1. The zero-order valence-corrected chi connectivity index (χ0v) is 27.7. The molecule has 0 bridgehead atoms. The molecule has 0 atom stereocenters. The maximum atomic E-state index is 14.1. The number of fused-ring (bicyclic) bond motifs is 2. The largest absolute Gasteiger partial charge is 0.418 e. The standard InChI is InChI=1S/C30H23ClF6N8O2S2/c1-46-11-9-44-26(40-42-27(44)48)18-14-39-23-16(6-4-8-20(23)30(35,36)37)24(18)49-28-43-41-25(45(28)10-12-47-2)17-13-38-22-15(21(17)31)5-3-7-19(22)29(32,33)34/h3-8,13-14H,9-12H2,1-2H3,(H,42,48). The van der Waals surface area contributed by atoms with Crippen molar-refractivity contribution in [3.8, 4) is 22.8 Å². The molecule has 4 aromatic heterocycles. The molecule has 10 nitrogen and oxygen atoms in total. The molecule has 1 N–H and O–H groups in total. The Bertz CT molecular complexity index is 2240. The number of halogens is 7. The van der Waals surface area contributed by atoms with E-state index in [0.29, 0.717) is 16.3 Å². The fraction of sp³-hybridized carbons (Fsp3) is 0.267. The van der Waals surface area contributed by atoms with E-state index in [0.717, 1.165) is 23.9 Å². The smallest absolute Gasteiger partial charge is 0.383 e. The fourth-order valence-corrected chi connectivity index (χ4v) is 6.81. The highest BCUT2D eigenvalue weighted by Gasteiger charge is 2.35. The van der Waals surface area contributed by atoms with Crippen molar-refractivity contribution in [2.45, 2.75) is 35.5 Å². The van der Waals surface area contributed by atoms with E-state index in [-0.39, 0.29) is 74.4 Å². The van der Waals surface area contributed by atoms with Crippen LogP contribution in [0.5, 0.6) is 0 Å². The van der Waals surface area contributed by atoms with E-state index in [1.54, 1.807) is 9.13 Å². The average molecular weight is 741 g/mol. The first-order valence-corrected chi connectivity index (χ1v) is 15.8. The van der Waals surface area contributed by atoms with Crippen molar-refractivity contribution in [1.29, 1.82) is 0 Å². The van der Waals surface area contributed by atoms with Crippen molar-refractivity contribution < 1.29 is 35.8 Å². The van der Waals surface area contributed by atoms with Crippen LogP contribution in [-0.4, -0.2) is 66.9 Å². The molecule has 0 radical (unpaired) electrons. The van der Waals surface area contributed by atoms with Gasteiger partial charge >= 0.3 is 12.4 Å². The molecule has 0 aliphatic heterocycles. The summed E-state index contributed by atoms with van der Waals surface area (Å²) >= 11 is 13.1. The number of para-hydroxylation sites is 2. The van der Waals surface area contributed by atoms with Crippen LogP contribution in [0.25, 0.3) is 44.6 Å². The number of aromatic nitrogens is 8. The van der Waals surface area contributed by atoms with Gasteiger partial charge in [0.25, 0.3) is 0 Å². The minimum Gasteiger partial charge on any atom is -0.383 e. The molecule has 6 aromatic rings. The van der Waals surface area contributed by atoms with E-state index < -0.39 is 23.5 Å². The number of aromatic amines is 1. The molecule has 0 saturated carbocycles. The Morgan fingerprint density at radius 3 is 1.98 bits per heavy atom. The van der Waals surface area contributed by atoms with Crippen LogP contribution in [0.15, 0.2) is 58.8 Å². The molecule has 0 spiro atoms. The fourth-order valence-electron chi connectivity index (χ4n) is 5.22. The first-order valence-electron chi connectivity index (χ1n) is 14.2. The van der Waals surface area contributed by atoms with Crippen LogP contribution < -0.4 is 0 Å². The quantitative estimate of drug-likeness (QED) is 0.110. The summed E-state index contributed by atoms with van der Waals surface area (Å²) in [6.45, 7) is 0.829. The van der Waals surface area contributed by atoms with Gasteiger partial charge in [-0.25, -0.2) is 0 Å². The van der Waals surface area contributed by atoms with Gasteiger partial charge < -0.3 is 9.47 Å². The van der Waals surface area contributed by atoms with Crippen molar-refractivity contribution in [1.82, 2.24) is 39.5 Å². The zero-order chi connectivity index (χ0) is 35.1. The molecule has 256 valence electrons. The van der Waals surface area contributed by atoms with Crippen LogP contribution in [0.1, 0.15) is 11.1 Å². The average Bonchev–Trinajstić information content (AvgIpc) is 3.63. The Morgan fingerprint density at radius 2 is 1.37 bits per heavy atom. The third-order valence-corrected chi connectivity index (χ3v) is 9.33. The molecule has 4 heterocycles. The Kier molecular flexibility index (Phi) is 9.69. The molecule has 0 unspecified atom stereocenters. The highest BCUT2D eigenvalue weighted by molar-refractivity contribution is 7.99. The van der Waals surface area contributed by atoms with Crippen molar-refractivity contribution >= 4 is 57.4 Å². The van der Waals surface area contributed by atoms with Crippen LogP contribution in [0, 0.1) is 4.77 Å². The van der Waals surface area contributed by atoms with Gasteiger partial charge in [0.05, 0.1) is 64.6 Å². The van der Waals surface area contributed by atoms with E-state index in [1.165, 1.54) is 50.9 Å². The number of nitrogens with zero attached hydrogens (tertiary/aromatic N) is 7. The van der Waals surface area contributed by atoms with E-state index in [1.807, 2.05) is 0 Å². The molecule has 49 heavy (non-hydrogen) atoms. The van der Waals surface area contributed by atoms with Crippen LogP contribution in [0.4, 0.5) is 26.3 Å². The molecule has 0 fully saturated rings. The molecule has 0 aliphatic carbocycles. The van der Waals surface area contributed by atoms with Crippen LogP contribution in [0.3, 0.4) is 0 Å². The van der Waals surface area contributed by atoms with Gasteiger partial charge in [0, 0.05) is 42.3 Å². The van der Waals surface area contributed by atoms with Gasteiger partial charge in [-0.05, 0) is 36.1 Å². The molecular formula is C30H23ClF6N8O2S2. The van der Waals surface area contributed by atoms with Gasteiger partial charge in [-0.1, -0.05) is 35.9 Å². The van der Waals surface area contributed by atoms with Crippen molar-refractivity contribution in [3.05, 3.63) is 69.7 Å². The Balaban J connectivity index is 1.56. The topological polar surface area (TPSA) is 109 Å². The lowest BCUT2D eigenvalue weighted by molar-refractivity contribution is -0.137. The monoisotopic (exact) mass is 740 g/mol. The molecule has 6 rings (SSSR count). The highest BCUT2D eigenvalue weighted by Crippen LogP contribution is 2.44. The number of methoxy groups -OCH3 is 2. The summed E-state index contributed by atoms with van der Waals surface area (Å²) < 4.78 is 97.5. The van der Waals surface area contributed by atoms with Gasteiger partial charge in [-0.15, -0.1) is 10.2 Å². The summed E-state index contributed by atoms with van der Waals surface area (Å²) in [5, 5.41) is 16.1. The summed E-state index contributed by atoms with van der Waals surface area (Å²) in [5.41, 5.74) is -2.00. The number of ether oxygens (including phenoxy) is 2. The lowest BCUT2D eigenvalue weighted by Crippen LogP contribution is -2.10. The lowest BCUT2D eigenvalue weighted by Gasteiger charge is -2.16. The summed E-state index contributed by atoms with van der Waals surface area (Å²) in [5.74, 6) is 0.441. The second kappa shape index (κ2) is 13.7. The number of nitrogens with one attached hydrogen (secondary N) is 1. The van der Waals surface area contributed by atoms with Gasteiger partial charge in [0.1, 0.15) is 0 Å². The minimum absolute atomic E-state index is 0.0442. The van der Waals surface area contributed by atoms with Gasteiger partial charge in [0.15, 0.2) is 21.6 Å². The van der Waals surface area contributed by atoms with Crippen molar-refractivity contribution in [3.63, 3.8) is 0 Å². The number of benzene rings is 2. The minimum atomic E-state index is -4.70. The van der Waals surface area contributed by atoms with Gasteiger partial charge in [-0.2, -0.15) is 31.4 Å². The zero-order valence-electron chi connectivity index (χ0n) is 25.4. The number of pyridine rings is 2. The third kappa shape index (κ3) is 6.62. The van der Waals surface area contributed by atoms with Gasteiger partial charge in [0.2, 0.25) is 0 Å². The molecule has 0 aliphatic rings. The molecule has 0 amide bonds. The second-order valence-electron chi connectivity index (χ2n) is 10.4. The number of H-pyrrole nitrogens is 1. The predicted octanol–water partition coefficient (Wildman–Crippen LogP) is 8.10. The maximum absolute atomic E-state index is 14.1. The first-order chi connectivity index (χ1) is 23.3. The molecule has 19 heteroatoms. The Labute approximate surface area is 287 Å². The highest BCUT2D eigenvalue weighted by atomic mass is 35.5. The normalized spacial score (nSPS) is 12.4. The molecule has 0 saturated heterocycles. The second-order valence-corrected chi connectivity index (χ2v) is 12.2. The summed E-state index contributed by atoms with van der Waals surface area (Å²) in [6.07, 6.45) is -6.91. The third-order valence-electron chi connectivity index (χ3n) is 7.48. The van der Waals surface area contributed by atoms with E-state index in [2.05, 4.69) is 30.4 Å². The number of rotatable bonds is 10. The molecule has 2 aromatic carbocycles. The predicted molar refractivity (Wildman–Crippen MR) is 172 cm³/mol. The van der Waals surface area contributed by atoms with E-state index >= 15 is 0 Å². The summed E-state index contributed by atoms with van der Waals surface area (Å²) in [4.78, 5) is 8.61. The van der Waals surface area contributed by atoms with E-state index in [9.17, 15) is 26.3 Å².